The van der Waals surface area contributed by atoms with Crippen LogP contribution in [0.25, 0.3) is 6.08 Å². The molecule has 0 saturated carbocycles. The van der Waals surface area contributed by atoms with E-state index in [1.807, 2.05) is 0 Å². The standard InChI is InChI=1S/C13H9ClF8O3S/c1-6-2-8(26(18,19,20,21)22)3-7-4-9(12(23)24-5-14)11(13(15,16)17)25-10(6)7/h2-4,11H,5H2,1H3. The van der Waals surface area contributed by atoms with Crippen molar-refractivity contribution in [2.45, 2.75) is 24.1 Å². The minimum Gasteiger partial charge on any atom is -0.475 e. The molecular weight excluding hydrogens is 424 g/mol. The summed E-state index contributed by atoms with van der Waals surface area (Å²) in [5.74, 6) is -2.32. The third-order valence-corrected chi connectivity index (χ3v) is 4.51. The highest BCUT2D eigenvalue weighted by molar-refractivity contribution is 8.45. The second-order valence-corrected chi connectivity index (χ2v) is 7.94. The highest BCUT2D eigenvalue weighted by Gasteiger charge is 2.65. The molecule has 0 fully saturated rings. The maximum atomic E-state index is 13.1. The summed E-state index contributed by atoms with van der Waals surface area (Å²) in [5.41, 5.74) is -2.60. The molecule has 1 aromatic carbocycles. The van der Waals surface area contributed by atoms with Crippen molar-refractivity contribution in [1.82, 2.24) is 0 Å². The van der Waals surface area contributed by atoms with Gasteiger partial charge in [0.05, 0.1) is 5.57 Å². The van der Waals surface area contributed by atoms with E-state index in [1.165, 1.54) is 0 Å². The molecule has 0 saturated heterocycles. The van der Waals surface area contributed by atoms with E-state index >= 15 is 0 Å². The number of hydrogen-bond donors (Lipinski definition) is 0. The van der Waals surface area contributed by atoms with Gasteiger partial charge < -0.3 is 9.47 Å². The number of alkyl halides is 4. The first-order chi connectivity index (χ1) is 11.4. The van der Waals surface area contributed by atoms with E-state index < -0.39 is 61.9 Å². The lowest BCUT2D eigenvalue weighted by Gasteiger charge is -2.41. The van der Waals surface area contributed by atoms with Crippen LogP contribution in [0.1, 0.15) is 11.1 Å². The van der Waals surface area contributed by atoms with Crippen molar-refractivity contribution in [3.05, 3.63) is 28.8 Å². The number of halogens is 9. The highest BCUT2D eigenvalue weighted by Crippen LogP contribution is 3.02. The van der Waals surface area contributed by atoms with Gasteiger partial charge in [0.1, 0.15) is 10.6 Å². The zero-order valence-electron chi connectivity index (χ0n) is 12.6. The monoisotopic (exact) mass is 432 g/mol. The Kier molecular flexibility index (Phi) is 4.29. The van der Waals surface area contributed by atoms with Crippen LogP contribution in [-0.2, 0) is 9.53 Å². The van der Waals surface area contributed by atoms with Gasteiger partial charge in [0.2, 0.25) is 6.10 Å². The summed E-state index contributed by atoms with van der Waals surface area (Å²) in [5, 5.41) is 0. The third-order valence-electron chi connectivity index (χ3n) is 3.27. The van der Waals surface area contributed by atoms with Crippen LogP contribution < -0.4 is 4.74 Å². The van der Waals surface area contributed by atoms with Crippen molar-refractivity contribution in [3.8, 4) is 5.75 Å². The van der Waals surface area contributed by atoms with Crippen LogP contribution in [-0.4, -0.2) is 24.3 Å². The summed E-state index contributed by atoms with van der Waals surface area (Å²) in [6.45, 7) is 0.870. The number of fused-ring (bicyclic) bond motifs is 1. The molecular formula is C13H9ClF8O3S. The minimum absolute atomic E-state index is 0.0102. The fraction of sp³-hybridized carbons (Fsp3) is 0.308. The highest BCUT2D eigenvalue weighted by atomic mass is 35.5. The Hall–Kier alpha value is -1.69. The molecule has 0 aliphatic carbocycles. The van der Waals surface area contributed by atoms with Gasteiger partial charge in [0.25, 0.3) is 0 Å². The second kappa shape index (κ2) is 5.41. The van der Waals surface area contributed by atoms with E-state index in [9.17, 15) is 37.4 Å². The molecule has 13 heteroatoms. The predicted molar refractivity (Wildman–Crippen MR) is 77.8 cm³/mol. The Bertz CT molecular complexity index is 801. The molecule has 148 valence electrons. The number of ether oxygens (including phenoxy) is 2. The van der Waals surface area contributed by atoms with Crippen molar-refractivity contribution in [3.63, 3.8) is 0 Å². The summed E-state index contributed by atoms with van der Waals surface area (Å²) in [4.78, 5) is 9.32. The molecule has 2 rings (SSSR count). The predicted octanol–water partition coefficient (Wildman–Crippen LogP) is 6.10. The van der Waals surface area contributed by atoms with Crippen LogP contribution in [0.3, 0.4) is 0 Å². The molecule has 26 heavy (non-hydrogen) atoms. The minimum atomic E-state index is -10.1. The number of esters is 1. The second-order valence-electron chi connectivity index (χ2n) is 5.31. The van der Waals surface area contributed by atoms with Crippen molar-refractivity contribution in [1.29, 1.82) is 0 Å². The van der Waals surface area contributed by atoms with Gasteiger partial charge in [-0.3, -0.25) is 0 Å². The third kappa shape index (κ3) is 4.17. The van der Waals surface area contributed by atoms with Crippen LogP contribution in [0.2, 0.25) is 0 Å². The van der Waals surface area contributed by atoms with Gasteiger partial charge in [-0.05, 0) is 30.7 Å². The lowest BCUT2D eigenvalue weighted by molar-refractivity contribution is -0.187. The Morgan fingerprint density at radius 3 is 2.27 bits per heavy atom. The fourth-order valence-electron chi connectivity index (χ4n) is 2.22. The van der Waals surface area contributed by atoms with Crippen molar-refractivity contribution in [2.24, 2.45) is 0 Å². The average Bonchev–Trinajstić information content (AvgIpc) is 2.42. The molecule has 3 nitrogen and oxygen atoms in total. The zero-order valence-corrected chi connectivity index (χ0v) is 14.1. The first-order valence-corrected chi connectivity index (χ1v) is 8.99. The van der Waals surface area contributed by atoms with Crippen molar-refractivity contribution < 1.29 is 46.9 Å². The van der Waals surface area contributed by atoms with E-state index in [-0.39, 0.29) is 12.1 Å². The summed E-state index contributed by atoms with van der Waals surface area (Å²) in [6, 6.07) is -0.924. The van der Waals surface area contributed by atoms with E-state index in [1.54, 1.807) is 0 Å². The fourth-order valence-corrected chi connectivity index (χ4v) is 3.07. The number of carbonyl (C=O) groups is 1. The number of aryl methyl sites for hydroxylation is 1. The molecule has 1 heterocycles. The largest absolute Gasteiger partial charge is 0.475 e. The van der Waals surface area contributed by atoms with E-state index in [0.717, 1.165) is 6.92 Å². The molecule has 1 unspecified atom stereocenters. The molecule has 0 N–H and O–H groups in total. The molecule has 0 radical (unpaired) electrons. The van der Waals surface area contributed by atoms with Crippen molar-refractivity contribution in [2.75, 3.05) is 6.07 Å². The van der Waals surface area contributed by atoms with Crippen LogP contribution in [0.4, 0.5) is 32.6 Å². The molecule has 1 aromatic rings. The smallest absolute Gasteiger partial charge is 0.430 e. The van der Waals surface area contributed by atoms with Crippen LogP contribution in [0.15, 0.2) is 22.6 Å². The summed E-state index contributed by atoms with van der Waals surface area (Å²) < 4.78 is 113. The summed E-state index contributed by atoms with van der Waals surface area (Å²) >= 11 is 5.09. The molecule has 0 spiro atoms. The average molecular weight is 433 g/mol. The number of benzene rings is 1. The molecule has 0 bridgehead atoms. The van der Waals surface area contributed by atoms with Crippen LogP contribution in [0, 0.1) is 6.92 Å². The van der Waals surface area contributed by atoms with Gasteiger partial charge >= 0.3 is 22.4 Å². The van der Waals surface area contributed by atoms with E-state index in [0.29, 0.717) is 6.08 Å². The first-order valence-electron chi connectivity index (χ1n) is 6.51. The lowest BCUT2D eigenvalue weighted by atomic mass is 9.99. The van der Waals surface area contributed by atoms with Gasteiger partial charge in [0, 0.05) is 5.56 Å². The Morgan fingerprint density at radius 1 is 1.23 bits per heavy atom. The first kappa shape index (κ1) is 20.6. The SMILES string of the molecule is Cc1cc(S(F)(F)(F)(F)F)cc2c1OC(C(F)(F)F)C(C(=O)OCCl)=C2. The normalized spacial score (nSPS) is 20.2. The van der Waals surface area contributed by atoms with Crippen molar-refractivity contribution >= 4 is 33.9 Å². The summed E-state index contributed by atoms with van der Waals surface area (Å²) in [7, 11) is -10.1. The maximum absolute atomic E-state index is 13.1. The Morgan fingerprint density at radius 2 is 1.81 bits per heavy atom. The van der Waals surface area contributed by atoms with Gasteiger partial charge in [-0.2, -0.15) is 13.2 Å². The number of hydrogen-bond acceptors (Lipinski definition) is 3. The van der Waals surface area contributed by atoms with Gasteiger partial charge in [-0.15, -0.1) is 0 Å². The van der Waals surface area contributed by atoms with Crippen LogP contribution >= 0.6 is 21.8 Å². The molecule has 1 atom stereocenters. The van der Waals surface area contributed by atoms with Crippen LogP contribution in [0.5, 0.6) is 5.75 Å². The van der Waals surface area contributed by atoms with Gasteiger partial charge in [0.15, 0.2) is 6.07 Å². The molecule has 0 aromatic heterocycles. The number of rotatable bonds is 3. The summed E-state index contributed by atoms with van der Waals surface area (Å²) in [6.07, 6.45) is -7.61. The van der Waals surface area contributed by atoms with Gasteiger partial charge in [-0.1, -0.05) is 31.0 Å². The van der Waals surface area contributed by atoms with Gasteiger partial charge in [-0.25, -0.2) is 4.79 Å². The zero-order chi connectivity index (χ0) is 20.2. The quantitative estimate of drug-likeness (QED) is 0.329. The number of carbonyl (C=O) groups excluding carboxylic acids is 1. The maximum Gasteiger partial charge on any atom is 0.430 e. The van der Waals surface area contributed by atoms with E-state index in [4.69, 9.17) is 11.6 Å². The van der Waals surface area contributed by atoms with E-state index in [2.05, 4.69) is 9.47 Å². The Balaban J connectivity index is 2.71. The molecule has 1 aliphatic rings. The topological polar surface area (TPSA) is 35.5 Å². The lowest BCUT2D eigenvalue weighted by Crippen LogP contribution is -2.41. The molecule has 1 aliphatic heterocycles. The Labute approximate surface area is 146 Å². The molecule has 0 amide bonds.